The van der Waals surface area contributed by atoms with Crippen molar-refractivity contribution in [2.24, 2.45) is 0 Å². The number of rotatable bonds is 7. The lowest BCUT2D eigenvalue weighted by Crippen LogP contribution is -2.28. The number of nitrogens with zero attached hydrogens (tertiary/aromatic N) is 1. The fraction of sp³-hybridized carbons (Fsp3) is 0.375. The number of allylic oxidation sites excluding steroid dienone is 1. The SMILES string of the molecule is CCOc1cc(C=CC(=O)c2c3c(c(OC)c4c2OCO4)CN(C)CC3)ccc1OC. The molecule has 0 aromatic heterocycles. The molecule has 2 aliphatic rings. The van der Waals surface area contributed by atoms with Crippen molar-refractivity contribution in [1.82, 2.24) is 4.90 Å². The summed E-state index contributed by atoms with van der Waals surface area (Å²) in [5.74, 6) is 2.81. The number of ether oxygens (including phenoxy) is 5. The van der Waals surface area contributed by atoms with Gasteiger partial charge in [0.15, 0.2) is 28.8 Å². The van der Waals surface area contributed by atoms with Crippen molar-refractivity contribution in [3.8, 4) is 28.7 Å². The molecule has 0 radical (unpaired) electrons. The van der Waals surface area contributed by atoms with Gasteiger partial charge in [-0.05, 0) is 49.7 Å². The highest BCUT2D eigenvalue weighted by Gasteiger charge is 2.34. The van der Waals surface area contributed by atoms with Crippen molar-refractivity contribution in [2.75, 3.05) is 41.2 Å². The number of fused-ring (bicyclic) bond motifs is 2. The minimum atomic E-state index is -0.126. The van der Waals surface area contributed by atoms with E-state index in [0.717, 1.165) is 29.7 Å². The standard InChI is InChI=1S/C24H27NO6/c1-5-29-20-12-15(7-9-19(20)27-3)6-8-18(26)21-16-10-11-25(2)13-17(16)22(28-4)24-23(21)30-14-31-24/h6-9,12H,5,10-11,13-14H2,1-4H3. The molecule has 2 aromatic rings. The van der Waals surface area contributed by atoms with Crippen LogP contribution in [0.3, 0.4) is 0 Å². The van der Waals surface area contributed by atoms with E-state index in [1.54, 1.807) is 26.4 Å². The van der Waals surface area contributed by atoms with Crippen LogP contribution in [-0.4, -0.2) is 51.9 Å². The van der Waals surface area contributed by atoms with E-state index in [-0.39, 0.29) is 12.6 Å². The van der Waals surface area contributed by atoms with E-state index < -0.39 is 0 Å². The topological polar surface area (TPSA) is 66.5 Å². The van der Waals surface area contributed by atoms with Crippen LogP contribution in [0.2, 0.25) is 0 Å². The quantitative estimate of drug-likeness (QED) is 0.495. The van der Waals surface area contributed by atoms with E-state index in [2.05, 4.69) is 4.90 Å². The van der Waals surface area contributed by atoms with Crippen molar-refractivity contribution in [3.63, 3.8) is 0 Å². The molecule has 2 aliphatic heterocycles. The number of carbonyl (C=O) groups excluding carboxylic acids is 1. The Labute approximate surface area is 182 Å². The Morgan fingerprint density at radius 3 is 2.68 bits per heavy atom. The summed E-state index contributed by atoms with van der Waals surface area (Å²) in [6.07, 6.45) is 4.09. The number of likely N-dealkylation sites (N-methyl/N-ethyl adjacent to an activating group) is 1. The fourth-order valence-corrected chi connectivity index (χ4v) is 4.09. The van der Waals surface area contributed by atoms with E-state index >= 15 is 0 Å². The van der Waals surface area contributed by atoms with Crippen LogP contribution < -0.4 is 23.7 Å². The van der Waals surface area contributed by atoms with Crippen molar-refractivity contribution in [3.05, 3.63) is 46.5 Å². The molecule has 2 heterocycles. The zero-order chi connectivity index (χ0) is 22.0. The molecule has 31 heavy (non-hydrogen) atoms. The van der Waals surface area contributed by atoms with Gasteiger partial charge in [0, 0.05) is 18.7 Å². The van der Waals surface area contributed by atoms with E-state index in [9.17, 15) is 4.79 Å². The number of hydrogen-bond acceptors (Lipinski definition) is 7. The Hall–Kier alpha value is -3.19. The van der Waals surface area contributed by atoms with Gasteiger partial charge in [-0.1, -0.05) is 12.1 Å². The van der Waals surface area contributed by atoms with Crippen molar-refractivity contribution in [2.45, 2.75) is 19.9 Å². The molecule has 7 nitrogen and oxygen atoms in total. The van der Waals surface area contributed by atoms with Gasteiger partial charge in [-0.2, -0.15) is 0 Å². The number of benzene rings is 2. The first kappa shape index (κ1) is 21.1. The maximum absolute atomic E-state index is 13.3. The predicted octanol–water partition coefficient (Wildman–Crippen LogP) is 3.72. The van der Waals surface area contributed by atoms with Gasteiger partial charge >= 0.3 is 0 Å². The molecule has 0 bridgehead atoms. The molecular weight excluding hydrogens is 398 g/mol. The van der Waals surface area contributed by atoms with Crippen molar-refractivity contribution in [1.29, 1.82) is 0 Å². The summed E-state index contributed by atoms with van der Waals surface area (Å²) in [6.45, 7) is 4.06. The largest absolute Gasteiger partial charge is 0.493 e. The van der Waals surface area contributed by atoms with Gasteiger partial charge in [-0.15, -0.1) is 0 Å². The average Bonchev–Trinajstić information content (AvgIpc) is 3.25. The lowest BCUT2D eigenvalue weighted by molar-refractivity contribution is 0.104. The first-order valence-electron chi connectivity index (χ1n) is 10.3. The maximum atomic E-state index is 13.3. The Morgan fingerprint density at radius 2 is 1.94 bits per heavy atom. The molecular formula is C24H27NO6. The van der Waals surface area contributed by atoms with Crippen LogP contribution >= 0.6 is 0 Å². The molecule has 4 rings (SSSR count). The molecule has 0 spiro atoms. The lowest BCUT2D eigenvalue weighted by atomic mass is 9.90. The summed E-state index contributed by atoms with van der Waals surface area (Å²) in [6, 6.07) is 5.57. The second-order valence-electron chi connectivity index (χ2n) is 7.46. The number of ketones is 1. The molecule has 0 aliphatic carbocycles. The molecule has 164 valence electrons. The maximum Gasteiger partial charge on any atom is 0.231 e. The predicted molar refractivity (Wildman–Crippen MR) is 117 cm³/mol. The molecule has 0 saturated heterocycles. The van der Waals surface area contributed by atoms with Gasteiger partial charge in [0.05, 0.1) is 26.4 Å². The molecule has 0 unspecified atom stereocenters. The highest BCUT2D eigenvalue weighted by molar-refractivity contribution is 6.11. The third kappa shape index (κ3) is 3.93. The Balaban J connectivity index is 1.72. The highest BCUT2D eigenvalue weighted by Crippen LogP contribution is 2.49. The van der Waals surface area contributed by atoms with E-state index in [0.29, 0.717) is 47.5 Å². The van der Waals surface area contributed by atoms with Crippen LogP contribution in [0.5, 0.6) is 28.7 Å². The van der Waals surface area contributed by atoms with Crippen LogP contribution in [-0.2, 0) is 13.0 Å². The summed E-state index contributed by atoms with van der Waals surface area (Å²) >= 11 is 0. The molecule has 2 aromatic carbocycles. The molecule has 7 heteroatoms. The minimum absolute atomic E-state index is 0.0740. The van der Waals surface area contributed by atoms with Crippen LogP contribution in [0.1, 0.15) is 34.0 Å². The van der Waals surface area contributed by atoms with Gasteiger partial charge in [0.2, 0.25) is 12.5 Å². The first-order chi connectivity index (χ1) is 15.1. The van der Waals surface area contributed by atoms with Crippen LogP contribution in [0.15, 0.2) is 24.3 Å². The normalized spacial score (nSPS) is 15.1. The highest BCUT2D eigenvalue weighted by atomic mass is 16.7. The van der Waals surface area contributed by atoms with Crippen LogP contribution in [0.25, 0.3) is 6.08 Å². The van der Waals surface area contributed by atoms with Gasteiger partial charge in [-0.25, -0.2) is 0 Å². The molecule has 0 fully saturated rings. The average molecular weight is 425 g/mol. The molecule has 0 atom stereocenters. The van der Waals surface area contributed by atoms with Gasteiger partial charge < -0.3 is 28.6 Å². The van der Waals surface area contributed by atoms with Crippen LogP contribution in [0, 0.1) is 0 Å². The van der Waals surface area contributed by atoms with E-state index in [1.807, 2.05) is 32.2 Å². The zero-order valence-corrected chi connectivity index (χ0v) is 18.3. The Kier molecular flexibility index (Phi) is 6.04. The summed E-state index contributed by atoms with van der Waals surface area (Å²) in [4.78, 5) is 15.5. The number of hydrogen-bond donors (Lipinski definition) is 0. The number of carbonyl (C=O) groups is 1. The lowest BCUT2D eigenvalue weighted by Gasteiger charge is -2.28. The second kappa shape index (κ2) is 8.89. The minimum Gasteiger partial charge on any atom is -0.493 e. The number of methoxy groups -OCH3 is 2. The first-order valence-corrected chi connectivity index (χ1v) is 10.3. The van der Waals surface area contributed by atoms with Gasteiger partial charge in [0.1, 0.15) is 0 Å². The van der Waals surface area contributed by atoms with Crippen LogP contribution in [0.4, 0.5) is 0 Å². The van der Waals surface area contributed by atoms with E-state index in [4.69, 9.17) is 23.7 Å². The van der Waals surface area contributed by atoms with Gasteiger partial charge in [0.25, 0.3) is 0 Å². The van der Waals surface area contributed by atoms with Crippen molar-refractivity contribution >= 4 is 11.9 Å². The molecule has 0 N–H and O–H groups in total. The van der Waals surface area contributed by atoms with Gasteiger partial charge in [-0.3, -0.25) is 4.79 Å². The second-order valence-corrected chi connectivity index (χ2v) is 7.46. The zero-order valence-electron chi connectivity index (χ0n) is 18.3. The monoisotopic (exact) mass is 425 g/mol. The third-order valence-corrected chi connectivity index (χ3v) is 5.52. The summed E-state index contributed by atoms with van der Waals surface area (Å²) in [5, 5.41) is 0. The Morgan fingerprint density at radius 1 is 1.13 bits per heavy atom. The molecule has 0 saturated carbocycles. The third-order valence-electron chi connectivity index (χ3n) is 5.52. The molecule has 0 amide bonds. The Bertz CT molecular complexity index is 1030. The smallest absolute Gasteiger partial charge is 0.231 e. The van der Waals surface area contributed by atoms with Crippen molar-refractivity contribution < 1.29 is 28.5 Å². The fourth-order valence-electron chi connectivity index (χ4n) is 4.09. The summed E-state index contributed by atoms with van der Waals surface area (Å²) in [5.41, 5.74) is 3.36. The summed E-state index contributed by atoms with van der Waals surface area (Å²) in [7, 11) is 5.27. The van der Waals surface area contributed by atoms with E-state index in [1.165, 1.54) is 0 Å². The summed E-state index contributed by atoms with van der Waals surface area (Å²) < 4.78 is 28.0.